The van der Waals surface area contributed by atoms with E-state index in [4.69, 9.17) is 0 Å². The van der Waals surface area contributed by atoms with E-state index in [2.05, 4.69) is 93.8 Å². The van der Waals surface area contributed by atoms with E-state index < -0.39 is 18.2 Å². The summed E-state index contributed by atoms with van der Waals surface area (Å²) in [6, 6.07) is 0.528. The van der Waals surface area contributed by atoms with E-state index in [1.807, 2.05) is 0 Å². The fourth-order valence-corrected chi connectivity index (χ4v) is 2.27. The van der Waals surface area contributed by atoms with Gasteiger partial charge in [0, 0.05) is 0 Å². The topological polar surface area (TPSA) is 52.9 Å². The molecule has 24 heavy (non-hydrogen) atoms. The van der Waals surface area contributed by atoms with Gasteiger partial charge in [-0.05, 0) is 0 Å². The van der Waals surface area contributed by atoms with Gasteiger partial charge in [-0.3, -0.25) is 0 Å². The molecule has 0 bridgehead atoms. The maximum Gasteiger partial charge on any atom is -0.0670 e. The van der Waals surface area contributed by atoms with Crippen LogP contribution in [0.4, 0.5) is 0 Å². The minimum Gasteiger partial charge on any atom is -0.662 e. The van der Waals surface area contributed by atoms with E-state index in [-0.39, 0.29) is 11.1 Å². The molecule has 0 aliphatic rings. The van der Waals surface area contributed by atoms with E-state index in [1.165, 1.54) is 12.8 Å². The van der Waals surface area contributed by atoms with Gasteiger partial charge in [-0.1, -0.05) is 47.5 Å². The van der Waals surface area contributed by atoms with E-state index in [9.17, 15) is 0 Å². The molecule has 0 aromatic rings. The molecule has 0 spiro atoms. The van der Waals surface area contributed by atoms with E-state index in [0.717, 1.165) is 19.6 Å². The summed E-state index contributed by atoms with van der Waals surface area (Å²) in [5.74, 6) is 0. The van der Waals surface area contributed by atoms with Gasteiger partial charge < -0.3 is 10.6 Å². The van der Waals surface area contributed by atoms with Crippen molar-refractivity contribution in [1.29, 1.82) is 0 Å². The van der Waals surface area contributed by atoms with E-state index in [0.29, 0.717) is 6.04 Å². The summed E-state index contributed by atoms with van der Waals surface area (Å²) < 4.78 is 9.01. The zero-order chi connectivity index (χ0) is 19.6. The molecule has 0 N–H and O–H groups in total. The summed E-state index contributed by atoms with van der Waals surface area (Å²) in [5, 5.41) is 8.33. The summed E-state index contributed by atoms with van der Waals surface area (Å²) in [6.07, 6.45) is 2.37. The Hall–Kier alpha value is 0.208. The zero-order valence-electron chi connectivity index (χ0n) is 18.3. The summed E-state index contributed by atoms with van der Waals surface area (Å²) in [5.41, 5.74) is 0.216. The third-order valence-electron chi connectivity index (χ3n) is 1.95. The first-order valence-corrected chi connectivity index (χ1v) is 11.1. The van der Waals surface area contributed by atoms with Crippen molar-refractivity contribution in [2.24, 2.45) is 6.99 Å². The van der Waals surface area contributed by atoms with Crippen molar-refractivity contribution >= 4 is 0 Å². The summed E-state index contributed by atoms with van der Waals surface area (Å²) in [6.45, 7) is 26.3. The predicted octanol–water partition coefficient (Wildman–Crippen LogP) is 7.00. The largest absolute Gasteiger partial charge is 0.662 e. The monoisotopic (exact) mass is 426 g/mol. The Morgan fingerprint density at radius 1 is 0.792 bits per heavy atom. The normalized spacial score (nSPS) is 10.8. The first-order valence-electron chi connectivity index (χ1n) is 9.30. The Balaban J connectivity index is -0.000000294. The van der Waals surface area contributed by atoms with Crippen molar-refractivity contribution < 1.29 is 18.2 Å². The maximum atomic E-state index is 4.51. The third kappa shape index (κ3) is 43.2. The Labute approximate surface area is 161 Å². The Kier molecular flexibility index (Phi) is 21.8. The Morgan fingerprint density at radius 2 is 1.21 bits per heavy atom. The average Bonchev–Trinajstić information content (AvgIpc) is 2.41. The molecule has 146 valence electrons. The molecular weight excluding hydrogens is 380 g/mol. The van der Waals surface area contributed by atoms with Crippen molar-refractivity contribution in [3.63, 3.8) is 0 Å². The van der Waals surface area contributed by atoms with Crippen LogP contribution in [-0.4, -0.2) is 36.8 Å². The Bertz CT molecular complexity index is 286. The first kappa shape index (κ1) is 29.0. The minimum absolute atomic E-state index is 0.108. The summed E-state index contributed by atoms with van der Waals surface area (Å²) in [7, 11) is 0. The van der Waals surface area contributed by atoms with Crippen molar-refractivity contribution in [1.82, 2.24) is 0 Å². The fourth-order valence-electron chi connectivity index (χ4n) is 0.969. The van der Waals surface area contributed by atoms with Gasteiger partial charge in [0.1, 0.15) is 0 Å². The molecule has 0 amide bonds. The van der Waals surface area contributed by atoms with Crippen molar-refractivity contribution in [2.75, 3.05) is 19.6 Å². The molecule has 0 aliphatic heterocycles. The minimum atomic E-state index is -0.473. The van der Waals surface area contributed by atoms with Gasteiger partial charge in [0.25, 0.3) is 0 Å². The fraction of sp³-hybridized carbons (Fsp3) is 1.00. The van der Waals surface area contributed by atoms with Gasteiger partial charge in [0.2, 0.25) is 0 Å². The molecule has 4 nitrogen and oxygen atoms in total. The smallest absolute Gasteiger partial charge is 0.0670 e. The van der Waals surface area contributed by atoms with E-state index in [1.54, 1.807) is 0 Å². The number of nitrogens with zero attached hydrogens (tertiary/aromatic N) is 4. The van der Waals surface area contributed by atoms with Gasteiger partial charge in [-0.25, -0.2) is 0 Å². The van der Waals surface area contributed by atoms with Crippen molar-refractivity contribution in [3.05, 3.63) is 10.6 Å². The molecule has 0 rings (SSSR count). The van der Waals surface area contributed by atoms with Crippen molar-refractivity contribution in [2.45, 2.75) is 106 Å². The second kappa shape index (κ2) is 18.0. The molecule has 0 aromatic heterocycles. The van der Waals surface area contributed by atoms with Gasteiger partial charge >= 0.3 is 77.8 Å². The van der Waals surface area contributed by atoms with Gasteiger partial charge in [-0.2, -0.15) is 6.54 Å². The van der Waals surface area contributed by atoms with Crippen LogP contribution in [-0.2, 0) is 18.2 Å². The van der Waals surface area contributed by atoms with Gasteiger partial charge in [0.05, 0.1) is 0 Å². The molecule has 0 fully saturated rings. The summed E-state index contributed by atoms with van der Waals surface area (Å²) >= 11 is -0.473. The van der Waals surface area contributed by atoms with Crippen LogP contribution in [0.2, 0.25) is 0 Å². The molecule has 0 atom stereocenters. The molecule has 0 radical (unpaired) electrons. The molecule has 0 aliphatic carbocycles. The number of rotatable bonds is 6. The Morgan fingerprint density at radius 3 is 1.38 bits per heavy atom. The maximum absolute atomic E-state index is 4.51. The van der Waals surface area contributed by atoms with Crippen molar-refractivity contribution in [3.8, 4) is 0 Å². The quantitative estimate of drug-likeness (QED) is 0.326. The van der Waals surface area contributed by atoms with Crippen LogP contribution in [0, 0.1) is 0 Å². The molecule has 0 unspecified atom stereocenters. The van der Waals surface area contributed by atoms with Crippen LogP contribution in [0.5, 0.6) is 0 Å². The van der Waals surface area contributed by atoms with Gasteiger partial charge in [-0.15, -0.1) is 19.1 Å². The van der Waals surface area contributed by atoms with Crippen LogP contribution >= 0.6 is 0 Å². The number of hydrogen-bond acceptors (Lipinski definition) is 2. The SMILES string of the molecule is CC(C)(C)[N]=[Mo+2]=[N]C(C)(C)C.CCC[N-]C(C)C.CCC[N-]CC. The molecule has 0 saturated heterocycles. The van der Waals surface area contributed by atoms with Crippen LogP contribution in [0.3, 0.4) is 0 Å². The van der Waals surface area contributed by atoms with Crippen LogP contribution in [0.25, 0.3) is 10.6 Å². The summed E-state index contributed by atoms with van der Waals surface area (Å²) in [4.78, 5) is 0. The molecule has 0 saturated carbocycles. The molecule has 5 heteroatoms. The van der Waals surface area contributed by atoms with Crippen LogP contribution < -0.4 is 0 Å². The van der Waals surface area contributed by atoms with Crippen LogP contribution in [0.15, 0.2) is 6.99 Å². The zero-order valence-corrected chi connectivity index (χ0v) is 20.3. The third-order valence-corrected chi connectivity index (χ3v) is 5.05. The molecule has 0 aromatic carbocycles. The average molecular weight is 425 g/mol. The van der Waals surface area contributed by atoms with Crippen LogP contribution in [0.1, 0.15) is 89.0 Å². The number of hydrogen-bond donors (Lipinski definition) is 0. The second-order valence-corrected chi connectivity index (χ2v) is 9.17. The van der Waals surface area contributed by atoms with Gasteiger partial charge in [0.15, 0.2) is 0 Å². The first-order chi connectivity index (χ1) is 10.9. The van der Waals surface area contributed by atoms with E-state index >= 15 is 0 Å². The second-order valence-electron chi connectivity index (χ2n) is 7.87. The molecular formula is C19H44MoN4. The standard InChI is InChI=1S/C6H14N.C5H12N.2C4H9N.Mo/c1-4-5-7-6(2)3;1-3-5-6-4-2;2*1-4(2,3)5;/h6H,4-5H2,1-3H3;3-5H2,1-2H3;2*1-3H3;/q2*-1;;;+2. The molecule has 0 heterocycles. The predicted molar refractivity (Wildman–Crippen MR) is 107 cm³/mol.